The smallest absolute Gasteiger partial charge is 0.240 e. The summed E-state index contributed by atoms with van der Waals surface area (Å²) in [6.45, 7) is 1.43. The number of nitrogens with zero attached hydrogens (tertiary/aromatic N) is 1. The van der Waals surface area contributed by atoms with Gasteiger partial charge < -0.3 is 10.6 Å². The lowest BCUT2D eigenvalue weighted by molar-refractivity contribution is -0.133. The van der Waals surface area contributed by atoms with Gasteiger partial charge in [-0.05, 0) is 23.4 Å². The Morgan fingerprint density at radius 3 is 3.31 bits per heavy atom. The lowest BCUT2D eigenvalue weighted by Crippen LogP contribution is -2.45. The fourth-order valence-electron chi connectivity index (χ4n) is 1.89. The van der Waals surface area contributed by atoms with E-state index in [1.54, 1.807) is 16.2 Å². The van der Waals surface area contributed by atoms with Crippen molar-refractivity contribution < 1.29 is 4.79 Å². The maximum absolute atomic E-state index is 11.9. The molecule has 0 radical (unpaired) electrons. The van der Waals surface area contributed by atoms with E-state index in [4.69, 9.17) is 12.2 Å². The Morgan fingerprint density at radius 2 is 2.56 bits per heavy atom. The van der Waals surface area contributed by atoms with E-state index in [2.05, 4.69) is 17.4 Å². The SMILES string of the molecule is C#CCC(N)C(=O)N1CCc2sccc2C1. The molecular weight excluding hydrogens is 220 g/mol. The number of amides is 1. The van der Waals surface area contributed by atoms with Gasteiger partial charge in [0, 0.05) is 24.4 Å². The number of hydrogen-bond donors (Lipinski definition) is 1. The first kappa shape index (κ1) is 11.2. The van der Waals surface area contributed by atoms with Crippen LogP contribution in [0.25, 0.3) is 0 Å². The van der Waals surface area contributed by atoms with Gasteiger partial charge in [-0.1, -0.05) is 0 Å². The molecule has 2 heterocycles. The average Bonchev–Trinajstić information content (AvgIpc) is 2.75. The van der Waals surface area contributed by atoms with E-state index in [0.717, 1.165) is 13.0 Å². The van der Waals surface area contributed by atoms with Gasteiger partial charge in [-0.3, -0.25) is 4.79 Å². The molecule has 1 aliphatic rings. The zero-order chi connectivity index (χ0) is 11.5. The Morgan fingerprint density at radius 1 is 1.75 bits per heavy atom. The molecule has 0 spiro atoms. The Hall–Kier alpha value is -1.31. The second kappa shape index (κ2) is 4.69. The number of terminal acetylenes is 1. The zero-order valence-electron chi connectivity index (χ0n) is 8.98. The monoisotopic (exact) mass is 234 g/mol. The summed E-state index contributed by atoms with van der Waals surface area (Å²) in [5.74, 6) is 2.40. The van der Waals surface area contributed by atoms with Crippen molar-refractivity contribution in [2.75, 3.05) is 6.54 Å². The first-order valence-electron chi connectivity index (χ1n) is 5.25. The van der Waals surface area contributed by atoms with Crippen LogP contribution in [-0.2, 0) is 17.8 Å². The fraction of sp³-hybridized carbons (Fsp3) is 0.417. The molecule has 1 amide bonds. The number of fused-ring (bicyclic) bond motifs is 1. The number of carbonyl (C=O) groups excluding carboxylic acids is 1. The lowest BCUT2D eigenvalue weighted by atomic mass is 10.1. The van der Waals surface area contributed by atoms with Crippen LogP contribution in [-0.4, -0.2) is 23.4 Å². The molecule has 1 unspecified atom stereocenters. The molecule has 84 valence electrons. The highest BCUT2D eigenvalue weighted by atomic mass is 32.1. The second-order valence-corrected chi connectivity index (χ2v) is 4.89. The molecule has 2 rings (SSSR count). The third-order valence-corrected chi connectivity index (χ3v) is 3.80. The first-order valence-corrected chi connectivity index (χ1v) is 6.13. The third kappa shape index (κ3) is 2.11. The van der Waals surface area contributed by atoms with E-state index < -0.39 is 6.04 Å². The molecule has 0 saturated carbocycles. The molecule has 4 heteroatoms. The standard InChI is InChI=1S/C12H14N2OS/c1-2-3-10(13)12(15)14-6-4-11-9(8-14)5-7-16-11/h1,5,7,10H,3-4,6,8,13H2. The topological polar surface area (TPSA) is 46.3 Å². The van der Waals surface area contributed by atoms with Crippen molar-refractivity contribution in [1.29, 1.82) is 0 Å². The summed E-state index contributed by atoms with van der Waals surface area (Å²) in [4.78, 5) is 15.1. The Labute approximate surface area is 99.2 Å². The van der Waals surface area contributed by atoms with Crippen molar-refractivity contribution in [1.82, 2.24) is 4.90 Å². The van der Waals surface area contributed by atoms with Crippen LogP contribution in [0.4, 0.5) is 0 Å². The molecule has 0 fully saturated rings. The highest BCUT2D eigenvalue weighted by Gasteiger charge is 2.24. The highest BCUT2D eigenvalue weighted by Crippen LogP contribution is 2.24. The van der Waals surface area contributed by atoms with E-state index >= 15 is 0 Å². The molecule has 16 heavy (non-hydrogen) atoms. The number of rotatable bonds is 2. The van der Waals surface area contributed by atoms with Gasteiger partial charge >= 0.3 is 0 Å². The van der Waals surface area contributed by atoms with E-state index in [-0.39, 0.29) is 5.91 Å². The largest absolute Gasteiger partial charge is 0.337 e. The lowest BCUT2D eigenvalue weighted by Gasteiger charge is -2.28. The summed E-state index contributed by atoms with van der Waals surface area (Å²) in [7, 11) is 0. The first-order chi connectivity index (χ1) is 7.72. The van der Waals surface area contributed by atoms with Crippen LogP contribution in [0.3, 0.4) is 0 Å². The van der Waals surface area contributed by atoms with E-state index in [1.807, 2.05) is 0 Å². The van der Waals surface area contributed by atoms with E-state index in [0.29, 0.717) is 13.0 Å². The number of nitrogens with two attached hydrogens (primary N) is 1. The van der Waals surface area contributed by atoms with Crippen molar-refractivity contribution in [2.45, 2.75) is 25.4 Å². The van der Waals surface area contributed by atoms with Crippen molar-refractivity contribution in [3.63, 3.8) is 0 Å². The number of thiophene rings is 1. The van der Waals surface area contributed by atoms with Gasteiger partial charge in [0.25, 0.3) is 0 Å². The second-order valence-electron chi connectivity index (χ2n) is 3.89. The maximum Gasteiger partial charge on any atom is 0.240 e. The van der Waals surface area contributed by atoms with Crippen LogP contribution in [0.2, 0.25) is 0 Å². The Balaban J connectivity index is 2.04. The molecule has 0 saturated heterocycles. The summed E-state index contributed by atoms with van der Waals surface area (Å²) >= 11 is 1.76. The molecule has 2 N–H and O–H groups in total. The minimum Gasteiger partial charge on any atom is -0.337 e. The van der Waals surface area contributed by atoms with Crippen LogP contribution in [0, 0.1) is 12.3 Å². The van der Waals surface area contributed by atoms with E-state index in [9.17, 15) is 4.79 Å². The summed E-state index contributed by atoms with van der Waals surface area (Å²) in [6.07, 6.45) is 6.40. The van der Waals surface area contributed by atoms with Crippen molar-refractivity contribution in [3.05, 3.63) is 21.9 Å². The van der Waals surface area contributed by atoms with Gasteiger partial charge in [0.15, 0.2) is 0 Å². The number of hydrogen-bond acceptors (Lipinski definition) is 3. The van der Waals surface area contributed by atoms with Crippen molar-refractivity contribution in [2.24, 2.45) is 5.73 Å². The van der Waals surface area contributed by atoms with Crippen molar-refractivity contribution >= 4 is 17.2 Å². The van der Waals surface area contributed by atoms with Gasteiger partial charge in [-0.2, -0.15) is 0 Å². The van der Waals surface area contributed by atoms with Gasteiger partial charge in [-0.15, -0.1) is 23.7 Å². The predicted octanol–water partition coefficient (Wildman–Crippen LogP) is 0.983. The Kier molecular flexibility index (Phi) is 3.28. The molecule has 0 aliphatic carbocycles. The molecule has 1 aromatic rings. The predicted molar refractivity (Wildman–Crippen MR) is 64.9 cm³/mol. The van der Waals surface area contributed by atoms with Crippen LogP contribution in [0.15, 0.2) is 11.4 Å². The zero-order valence-corrected chi connectivity index (χ0v) is 9.80. The van der Waals surface area contributed by atoms with Crippen LogP contribution in [0.5, 0.6) is 0 Å². The minimum absolute atomic E-state index is 0.0326. The fourth-order valence-corrected chi connectivity index (χ4v) is 2.78. The summed E-state index contributed by atoms with van der Waals surface area (Å²) < 4.78 is 0. The van der Waals surface area contributed by atoms with Gasteiger partial charge in [-0.25, -0.2) is 0 Å². The molecule has 0 aromatic carbocycles. The quantitative estimate of drug-likeness (QED) is 0.775. The Bertz CT molecular complexity index is 432. The number of carbonyl (C=O) groups is 1. The minimum atomic E-state index is -0.551. The average molecular weight is 234 g/mol. The summed E-state index contributed by atoms with van der Waals surface area (Å²) in [5, 5.41) is 2.07. The summed E-state index contributed by atoms with van der Waals surface area (Å²) in [5.41, 5.74) is 6.97. The van der Waals surface area contributed by atoms with Gasteiger partial charge in [0.1, 0.15) is 0 Å². The van der Waals surface area contributed by atoms with Crippen LogP contribution >= 0.6 is 11.3 Å². The molecule has 1 atom stereocenters. The summed E-state index contributed by atoms with van der Waals surface area (Å²) in [6, 6.07) is 1.52. The van der Waals surface area contributed by atoms with Gasteiger partial charge in [0.05, 0.1) is 6.04 Å². The highest BCUT2D eigenvalue weighted by molar-refractivity contribution is 7.10. The molecular formula is C12H14N2OS. The maximum atomic E-state index is 11.9. The van der Waals surface area contributed by atoms with Crippen LogP contribution < -0.4 is 5.73 Å². The van der Waals surface area contributed by atoms with Gasteiger partial charge in [0.2, 0.25) is 5.91 Å². The van der Waals surface area contributed by atoms with Crippen molar-refractivity contribution in [3.8, 4) is 12.3 Å². The molecule has 1 aromatic heterocycles. The normalized spacial score (nSPS) is 16.4. The molecule has 3 nitrogen and oxygen atoms in total. The van der Waals surface area contributed by atoms with Crippen LogP contribution in [0.1, 0.15) is 16.9 Å². The third-order valence-electron chi connectivity index (χ3n) is 2.77. The van der Waals surface area contributed by atoms with E-state index in [1.165, 1.54) is 10.4 Å². The molecule has 1 aliphatic heterocycles. The molecule has 0 bridgehead atoms.